The lowest BCUT2D eigenvalue weighted by molar-refractivity contribution is 0.626. The molecule has 0 radical (unpaired) electrons. The topological polar surface area (TPSA) is 66.5 Å². The molecule has 0 bridgehead atoms. The molecule has 0 amide bonds. The minimum absolute atomic E-state index is 0.289. The van der Waals surface area contributed by atoms with Gasteiger partial charge in [-0.1, -0.05) is 6.07 Å². The second-order valence-corrected chi connectivity index (χ2v) is 6.65. The van der Waals surface area contributed by atoms with E-state index >= 15 is 0 Å². The summed E-state index contributed by atoms with van der Waals surface area (Å²) in [6.45, 7) is 1.87. The molecule has 0 atom stereocenters. The third-order valence-corrected chi connectivity index (χ3v) is 4.50. The van der Waals surface area contributed by atoms with Gasteiger partial charge in [0.15, 0.2) is 11.0 Å². The van der Waals surface area contributed by atoms with E-state index in [1.807, 2.05) is 6.92 Å². The van der Waals surface area contributed by atoms with Crippen LogP contribution in [0.1, 0.15) is 5.69 Å². The highest BCUT2D eigenvalue weighted by Gasteiger charge is 2.14. The van der Waals surface area contributed by atoms with Gasteiger partial charge >= 0.3 is 0 Å². The number of benzene rings is 2. The number of halogens is 2. The number of aromatic nitrogens is 4. The zero-order chi connectivity index (χ0) is 18.1. The fraction of sp³-hybridized carbons (Fsp3) is 0.0556. The van der Waals surface area contributed by atoms with Crippen LogP contribution < -0.4 is 5.32 Å². The molecule has 5 nitrogen and oxygen atoms in total. The van der Waals surface area contributed by atoms with Crippen LogP contribution in [0.4, 0.5) is 20.4 Å². The van der Waals surface area contributed by atoms with Crippen molar-refractivity contribution in [2.45, 2.75) is 17.0 Å². The molecular formula is C18H13F2N5S. The van der Waals surface area contributed by atoms with Crippen molar-refractivity contribution in [1.82, 2.24) is 20.2 Å². The van der Waals surface area contributed by atoms with Crippen LogP contribution in [0.3, 0.4) is 0 Å². The average molecular weight is 369 g/mol. The average Bonchev–Trinajstić information content (AvgIpc) is 3.02. The second-order valence-electron chi connectivity index (χ2n) is 5.61. The van der Waals surface area contributed by atoms with Crippen LogP contribution in [0.15, 0.2) is 58.6 Å². The molecule has 2 N–H and O–H groups in total. The van der Waals surface area contributed by atoms with Gasteiger partial charge in [-0.3, -0.25) is 5.10 Å². The van der Waals surface area contributed by atoms with Gasteiger partial charge < -0.3 is 5.32 Å². The smallest absolute Gasteiger partial charge is 0.195 e. The Morgan fingerprint density at radius 2 is 1.85 bits per heavy atom. The van der Waals surface area contributed by atoms with Crippen LogP contribution in [0, 0.1) is 18.6 Å². The Bertz CT molecular complexity index is 1080. The largest absolute Gasteiger partial charge is 0.323 e. The number of nitrogens with zero attached hydrogens (tertiary/aromatic N) is 3. The Kier molecular flexibility index (Phi) is 4.26. The Morgan fingerprint density at radius 3 is 2.58 bits per heavy atom. The van der Waals surface area contributed by atoms with Crippen LogP contribution in [0.25, 0.3) is 10.9 Å². The molecule has 0 saturated heterocycles. The highest BCUT2D eigenvalue weighted by molar-refractivity contribution is 7.99. The molecule has 0 fully saturated rings. The lowest BCUT2D eigenvalue weighted by atomic mass is 10.2. The predicted molar refractivity (Wildman–Crippen MR) is 96.6 cm³/mol. The van der Waals surface area contributed by atoms with Gasteiger partial charge in [-0.2, -0.15) is 5.10 Å². The van der Waals surface area contributed by atoms with Crippen molar-refractivity contribution < 1.29 is 8.78 Å². The van der Waals surface area contributed by atoms with Gasteiger partial charge in [-0.05, 0) is 55.1 Å². The molecule has 0 aliphatic heterocycles. The molecule has 0 aliphatic carbocycles. The van der Waals surface area contributed by atoms with Crippen molar-refractivity contribution in [2.24, 2.45) is 0 Å². The summed E-state index contributed by atoms with van der Waals surface area (Å²) in [7, 11) is 0. The van der Waals surface area contributed by atoms with E-state index in [4.69, 9.17) is 0 Å². The van der Waals surface area contributed by atoms with Crippen molar-refractivity contribution in [3.8, 4) is 0 Å². The van der Waals surface area contributed by atoms with E-state index < -0.39 is 5.82 Å². The van der Waals surface area contributed by atoms with Gasteiger partial charge in [0.1, 0.15) is 17.5 Å². The van der Waals surface area contributed by atoms with E-state index in [-0.39, 0.29) is 11.2 Å². The van der Waals surface area contributed by atoms with Crippen molar-refractivity contribution in [1.29, 1.82) is 0 Å². The van der Waals surface area contributed by atoms with Gasteiger partial charge in [0.25, 0.3) is 0 Å². The Balaban J connectivity index is 1.78. The molecule has 0 unspecified atom stereocenters. The number of hydrogen-bond acceptors (Lipinski definition) is 5. The minimum atomic E-state index is -0.421. The van der Waals surface area contributed by atoms with Crippen molar-refractivity contribution in [2.75, 3.05) is 5.32 Å². The minimum Gasteiger partial charge on any atom is -0.323 e. The summed E-state index contributed by atoms with van der Waals surface area (Å²) in [6, 6.07) is 12.5. The summed E-state index contributed by atoms with van der Waals surface area (Å²) in [6.07, 6.45) is 0. The summed E-state index contributed by atoms with van der Waals surface area (Å²) in [5, 5.41) is 10.7. The normalized spacial score (nSPS) is 11.0. The maximum atomic E-state index is 14.4. The fourth-order valence-electron chi connectivity index (χ4n) is 2.47. The molecule has 0 saturated carbocycles. The molecule has 2 aromatic heterocycles. The first-order valence-corrected chi connectivity index (χ1v) is 8.59. The molecule has 2 aromatic carbocycles. The summed E-state index contributed by atoms with van der Waals surface area (Å²) < 4.78 is 27.4. The number of hydrogen-bond donors (Lipinski definition) is 2. The van der Waals surface area contributed by atoms with Crippen LogP contribution in [-0.2, 0) is 0 Å². The predicted octanol–water partition coefficient (Wildman–Crippen LogP) is 4.83. The summed E-state index contributed by atoms with van der Waals surface area (Å²) in [5.41, 5.74) is 1.34. The SMILES string of the molecule is Cc1cc(Nc2nc(Sc3ccc(F)cc3)nc3cccc(F)c23)n[nH]1. The third kappa shape index (κ3) is 3.36. The fourth-order valence-corrected chi connectivity index (χ4v) is 3.23. The van der Waals surface area contributed by atoms with Crippen LogP contribution in [0.5, 0.6) is 0 Å². The first-order valence-electron chi connectivity index (χ1n) is 7.77. The molecule has 0 spiro atoms. The van der Waals surface area contributed by atoms with Crippen molar-refractivity contribution >= 4 is 34.3 Å². The Morgan fingerprint density at radius 1 is 1.04 bits per heavy atom. The van der Waals surface area contributed by atoms with Gasteiger partial charge in [0, 0.05) is 16.7 Å². The second kappa shape index (κ2) is 6.72. The van der Waals surface area contributed by atoms with Gasteiger partial charge in [-0.25, -0.2) is 18.7 Å². The first-order chi connectivity index (χ1) is 12.6. The molecule has 8 heteroatoms. The van der Waals surface area contributed by atoms with Crippen molar-refractivity contribution in [3.63, 3.8) is 0 Å². The van der Waals surface area contributed by atoms with E-state index in [9.17, 15) is 8.78 Å². The summed E-state index contributed by atoms with van der Waals surface area (Å²) in [4.78, 5) is 9.63. The number of fused-ring (bicyclic) bond motifs is 1. The van der Waals surface area contributed by atoms with Crippen LogP contribution >= 0.6 is 11.8 Å². The molecule has 2 heterocycles. The monoisotopic (exact) mass is 369 g/mol. The highest BCUT2D eigenvalue weighted by Crippen LogP contribution is 2.31. The number of H-pyrrole nitrogens is 1. The van der Waals surface area contributed by atoms with Crippen molar-refractivity contribution in [3.05, 3.63) is 65.9 Å². The Hall–Kier alpha value is -3.00. The van der Waals surface area contributed by atoms with Crippen LogP contribution in [-0.4, -0.2) is 20.2 Å². The van der Waals surface area contributed by atoms with Gasteiger partial charge in [0.05, 0.1) is 10.9 Å². The molecule has 0 aliphatic rings. The number of aromatic amines is 1. The van der Waals surface area contributed by atoms with E-state index in [1.54, 1.807) is 30.3 Å². The zero-order valence-corrected chi connectivity index (χ0v) is 14.4. The number of nitrogens with one attached hydrogen (secondary N) is 2. The summed E-state index contributed by atoms with van der Waals surface area (Å²) in [5.74, 6) is 0.121. The zero-order valence-electron chi connectivity index (χ0n) is 13.6. The lowest BCUT2D eigenvalue weighted by Gasteiger charge is -2.09. The highest BCUT2D eigenvalue weighted by atomic mass is 32.2. The van der Waals surface area contributed by atoms with E-state index in [2.05, 4.69) is 25.5 Å². The van der Waals surface area contributed by atoms with E-state index in [0.29, 0.717) is 22.3 Å². The number of aryl methyl sites for hydroxylation is 1. The van der Waals surface area contributed by atoms with E-state index in [0.717, 1.165) is 10.6 Å². The summed E-state index contributed by atoms with van der Waals surface area (Å²) >= 11 is 1.27. The quantitative estimate of drug-likeness (QED) is 0.504. The number of rotatable bonds is 4. The lowest BCUT2D eigenvalue weighted by Crippen LogP contribution is -2.00. The maximum Gasteiger partial charge on any atom is 0.195 e. The van der Waals surface area contributed by atoms with Crippen LogP contribution in [0.2, 0.25) is 0 Å². The molecule has 130 valence electrons. The first kappa shape index (κ1) is 16.5. The molecule has 4 rings (SSSR count). The maximum absolute atomic E-state index is 14.4. The van der Waals surface area contributed by atoms with Gasteiger partial charge in [0.2, 0.25) is 0 Å². The van der Waals surface area contributed by atoms with Gasteiger partial charge in [-0.15, -0.1) is 0 Å². The number of anilines is 2. The molecule has 26 heavy (non-hydrogen) atoms. The Labute approximate surface area is 151 Å². The van der Waals surface area contributed by atoms with E-state index in [1.165, 1.54) is 30.0 Å². The molecule has 4 aromatic rings. The standard InChI is InChI=1S/C18H13F2N5S/c1-10-9-15(25-24-10)22-17-16-13(20)3-2-4-14(16)21-18(23-17)26-12-7-5-11(19)6-8-12/h2-9H,1H3,(H2,21,22,23,24,25). The molecular weight excluding hydrogens is 356 g/mol. The third-order valence-electron chi connectivity index (χ3n) is 3.63.